The van der Waals surface area contributed by atoms with Crippen molar-refractivity contribution in [1.29, 1.82) is 0 Å². The van der Waals surface area contributed by atoms with Gasteiger partial charge in [0, 0.05) is 0 Å². The predicted molar refractivity (Wildman–Crippen MR) is 29.9 cm³/mol. The molecule has 0 saturated heterocycles. The van der Waals surface area contributed by atoms with Crippen LogP contribution in [-0.2, 0) is 0 Å². The monoisotopic (exact) mass is 101 g/mol. The van der Waals surface area contributed by atoms with Crippen LogP contribution in [0.15, 0.2) is 12.7 Å². The van der Waals surface area contributed by atoms with Gasteiger partial charge in [0.2, 0.25) is 0 Å². The van der Waals surface area contributed by atoms with Crippen molar-refractivity contribution in [3.63, 3.8) is 0 Å². The number of aliphatic hydroxyl groups is 1. The molecular formula is C5H11NO. The molecule has 0 saturated carbocycles. The van der Waals surface area contributed by atoms with Crippen LogP contribution in [0.4, 0.5) is 0 Å². The molecule has 3 N–H and O–H groups in total. The molecule has 0 amide bonds. The molecule has 2 nitrogen and oxygen atoms in total. The van der Waals surface area contributed by atoms with Crippen LogP contribution in [0.1, 0.15) is 6.42 Å². The van der Waals surface area contributed by atoms with Crippen molar-refractivity contribution >= 4 is 0 Å². The predicted octanol–water partition coefficient (Wildman–Crippen LogP) is -0.118. The van der Waals surface area contributed by atoms with Crippen LogP contribution in [0.2, 0.25) is 0 Å². The van der Waals surface area contributed by atoms with Gasteiger partial charge in [-0.1, -0.05) is 6.08 Å². The summed E-state index contributed by atoms with van der Waals surface area (Å²) in [7, 11) is 0. The molecule has 0 radical (unpaired) electrons. The van der Waals surface area contributed by atoms with Crippen LogP contribution < -0.4 is 5.73 Å². The molecule has 2 heteroatoms. The highest BCUT2D eigenvalue weighted by Gasteiger charge is 1.91. The van der Waals surface area contributed by atoms with Crippen LogP contribution in [0, 0.1) is 0 Å². The molecule has 0 bridgehead atoms. The molecule has 0 aromatic heterocycles. The van der Waals surface area contributed by atoms with Crippen LogP contribution in [-0.4, -0.2) is 17.8 Å². The van der Waals surface area contributed by atoms with Gasteiger partial charge in [-0.05, 0) is 13.0 Å². The molecule has 0 unspecified atom stereocenters. The van der Waals surface area contributed by atoms with E-state index < -0.39 is 6.10 Å². The Labute approximate surface area is 43.6 Å². The molecule has 1 atom stereocenters. The summed E-state index contributed by atoms with van der Waals surface area (Å²) in [6.07, 6.45) is 1.68. The van der Waals surface area contributed by atoms with Gasteiger partial charge >= 0.3 is 0 Å². The molecule has 0 aromatic rings. The molecular weight excluding hydrogens is 90.1 g/mol. The van der Waals surface area contributed by atoms with Gasteiger partial charge in [0.1, 0.15) is 0 Å². The van der Waals surface area contributed by atoms with E-state index in [-0.39, 0.29) is 0 Å². The second-order valence-corrected chi connectivity index (χ2v) is 1.38. The first-order valence-corrected chi connectivity index (χ1v) is 2.32. The highest BCUT2D eigenvalue weighted by molar-refractivity contribution is 4.77. The minimum absolute atomic E-state index is 0.412. The van der Waals surface area contributed by atoms with E-state index in [4.69, 9.17) is 10.8 Å². The van der Waals surface area contributed by atoms with Crippen molar-refractivity contribution in [2.45, 2.75) is 12.5 Å². The maximum absolute atomic E-state index is 8.66. The van der Waals surface area contributed by atoms with Crippen LogP contribution >= 0.6 is 0 Å². The zero-order valence-corrected chi connectivity index (χ0v) is 4.30. The third-order valence-electron chi connectivity index (χ3n) is 0.735. The smallest absolute Gasteiger partial charge is 0.0730 e. The average molecular weight is 101 g/mol. The zero-order chi connectivity index (χ0) is 5.70. The lowest BCUT2D eigenvalue weighted by atomic mass is 10.2. The van der Waals surface area contributed by atoms with Gasteiger partial charge in [-0.25, -0.2) is 0 Å². The Balaban J connectivity index is 2.98. The molecule has 0 aromatic carbocycles. The minimum Gasteiger partial charge on any atom is -0.389 e. The van der Waals surface area contributed by atoms with Crippen molar-refractivity contribution in [3.05, 3.63) is 12.7 Å². The van der Waals surface area contributed by atoms with E-state index in [9.17, 15) is 0 Å². The van der Waals surface area contributed by atoms with Crippen LogP contribution in [0.25, 0.3) is 0 Å². The normalized spacial score (nSPS) is 13.4. The van der Waals surface area contributed by atoms with E-state index in [2.05, 4.69) is 6.58 Å². The zero-order valence-electron chi connectivity index (χ0n) is 4.30. The Hall–Kier alpha value is -0.340. The Morgan fingerprint density at radius 2 is 2.43 bits per heavy atom. The van der Waals surface area contributed by atoms with Crippen LogP contribution in [0.5, 0.6) is 0 Å². The highest BCUT2D eigenvalue weighted by Crippen LogP contribution is 1.86. The molecule has 42 valence electrons. The third-order valence-corrected chi connectivity index (χ3v) is 0.735. The Morgan fingerprint density at radius 1 is 1.86 bits per heavy atom. The molecule has 7 heavy (non-hydrogen) atoms. The highest BCUT2D eigenvalue weighted by atomic mass is 16.3. The molecule has 0 aliphatic rings. The van der Waals surface area contributed by atoms with Gasteiger partial charge in [-0.3, -0.25) is 0 Å². The fourth-order valence-electron chi connectivity index (χ4n) is 0.289. The van der Waals surface area contributed by atoms with Gasteiger partial charge in [0.05, 0.1) is 6.10 Å². The van der Waals surface area contributed by atoms with Crippen LogP contribution in [0.3, 0.4) is 0 Å². The SMILES string of the molecule is C=C[C@H](O)CCN. The second-order valence-electron chi connectivity index (χ2n) is 1.38. The van der Waals surface area contributed by atoms with Gasteiger partial charge < -0.3 is 10.8 Å². The summed E-state index contributed by atoms with van der Waals surface area (Å²) < 4.78 is 0. The Bertz CT molecular complexity index is 54.0. The van der Waals surface area contributed by atoms with E-state index >= 15 is 0 Å². The summed E-state index contributed by atoms with van der Waals surface area (Å²) in [5, 5.41) is 8.66. The molecule has 0 aliphatic heterocycles. The maximum atomic E-state index is 8.66. The summed E-state index contributed by atoms with van der Waals surface area (Å²) in [5.41, 5.74) is 5.10. The van der Waals surface area contributed by atoms with Gasteiger partial charge in [-0.15, -0.1) is 6.58 Å². The average Bonchev–Trinajstić information content (AvgIpc) is 1.68. The quantitative estimate of drug-likeness (QED) is 0.487. The summed E-state index contributed by atoms with van der Waals surface area (Å²) in [6.45, 7) is 3.89. The number of nitrogens with two attached hydrogens (primary N) is 1. The standard InChI is InChI=1S/C5H11NO/c1-2-5(7)3-4-6/h2,5,7H,1,3-4,6H2/t5-/m0/s1. The third kappa shape index (κ3) is 3.49. The van der Waals surface area contributed by atoms with E-state index in [1.54, 1.807) is 0 Å². The molecule has 0 heterocycles. The van der Waals surface area contributed by atoms with Crippen molar-refractivity contribution in [2.75, 3.05) is 6.54 Å². The van der Waals surface area contributed by atoms with E-state index in [1.165, 1.54) is 6.08 Å². The fourth-order valence-corrected chi connectivity index (χ4v) is 0.289. The molecule has 0 aliphatic carbocycles. The van der Waals surface area contributed by atoms with Crippen molar-refractivity contribution < 1.29 is 5.11 Å². The van der Waals surface area contributed by atoms with E-state index in [0.29, 0.717) is 13.0 Å². The molecule has 0 rings (SSSR count). The lowest BCUT2D eigenvalue weighted by Crippen LogP contribution is -2.09. The summed E-state index contributed by atoms with van der Waals surface area (Å²) in [6, 6.07) is 0. The lowest BCUT2D eigenvalue weighted by molar-refractivity contribution is 0.216. The Morgan fingerprint density at radius 3 is 2.57 bits per heavy atom. The number of rotatable bonds is 3. The van der Waals surface area contributed by atoms with E-state index in [0.717, 1.165) is 0 Å². The van der Waals surface area contributed by atoms with Crippen molar-refractivity contribution in [2.24, 2.45) is 5.73 Å². The first-order chi connectivity index (χ1) is 3.31. The number of hydrogen-bond donors (Lipinski definition) is 2. The van der Waals surface area contributed by atoms with Crippen molar-refractivity contribution in [1.82, 2.24) is 0 Å². The summed E-state index contributed by atoms with van der Waals surface area (Å²) in [5.74, 6) is 0. The maximum Gasteiger partial charge on any atom is 0.0730 e. The van der Waals surface area contributed by atoms with Crippen molar-refractivity contribution in [3.8, 4) is 0 Å². The van der Waals surface area contributed by atoms with Gasteiger partial charge in [0.15, 0.2) is 0 Å². The lowest BCUT2D eigenvalue weighted by Gasteiger charge is -1.98. The minimum atomic E-state index is -0.412. The topological polar surface area (TPSA) is 46.2 Å². The first kappa shape index (κ1) is 6.66. The van der Waals surface area contributed by atoms with E-state index in [1.807, 2.05) is 0 Å². The number of aliphatic hydroxyl groups excluding tert-OH is 1. The van der Waals surface area contributed by atoms with Gasteiger partial charge in [0.25, 0.3) is 0 Å². The first-order valence-electron chi connectivity index (χ1n) is 2.32. The Kier molecular flexibility index (Phi) is 3.65. The molecule has 0 spiro atoms. The number of hydrogen-bond acceptors (Lipinski definition) is 2. The largest absolute Gasteiger partial charge is 0.389 e. The summed E-state index contributed by atoms with van der Waals surface area (Å²) >= 11 is 0. The summed E-state index contributed by atoms with van der Waals surface area (Å²) in [4.78, 5) is 0. The molecule has 0 fully saturated rings. The second kappa shape index (κ2) is 3.84. The van der Waals surface area contributed by atoms with Gasteiger partial charge in [-0.2, -0.15) is 0 Å². The fraction of sp³-hybridized carbons (Fsp3) is 0.600.